The predicted octanol–water partition coefficient (Wildman–Crippen LogP) is 2.56. The molecule has 1 aliphatic heterocycles. The fourth-order valence-electron chi connectivity index (χ4n) is 3.23. The molecule has 1 unspecified atom stereocenters. The molecule has 1 fully saturated rings. The molecule has 2 heterocycles. The van der Waals surface area contributed by atoms with Crippen LogP contribution < -0.4 is 0 Å². The molecule has 3 nitrogen and oxygen atoms in total. The van der Waals surface area contributed by atoms with Gasteiger partial charge in [0.1, 0.15) is 0 Å². The number of aliphatic hydroxyl groups excluding tert-OH is 1. The Labute approximate surface area is 114 Å². The topological polar surface area (TPSA) is 39.3 Å². The van der Waals surface area contributed by atoms with Crippen LogP contribution in [0.4, 0.5) is 0 Å². The van der Waals surface area contributed by atoms with Crippen LogP contribution in [0.3, 0.4) is 0 Å². The molecule has 102 valence electrons. The molecule has 1 aliphatic rings. The largest absolute Gasteiger partial charge is 0.394 e. The number of hydrogen-bond acceptors (Lipinski definition) is 2. The number of aliphatic hydroxyl groups is 1. The van der Waals surface area contributed by atoms with Gasteiger partial charge in [0.25, 0.3) is 0 Å². The fraction of sp³-hybridized carbons (Fsp3) is 0.500. The fourth-order valence-corrected chi connectivity index (χ4v) is 3.23. The summed E-state index contributed by atoms with van der Waals surface area (Å²) in [7, 11) is 0. The van der Waals surface area contributed by atoms with E-state index >= 15 is 0 Å². The molecule has 2 N–H and O–H groups in total. The van der Waals surface area contributed by atoms with Gasteiger partial charge in [-0.05, 0) is 44.4 Å². The Hall–Kier alpha value is -1.32. The smallest absolute Gasteiger partial charge is 0.0612 e. The number of benzene rings is 1. The van der Waals surface area contributed by atoms with E-state index in [-0.39, 0.29) is 12.1 Å². The number of H-pyrrole nitrogens is 1. The van der Waals surface area contributed by atoms with Gasteiger partial charge < -0.3 is 10.1 Å². The lowest BCUT2D eigenvalue weighted by Gasteiger charge is -2.33. The van der Waals surface area contributed by atoms with Gasteiger partial charge in [-0.1, -0.05) is 18.2 Å². The number of nitrogens with one attached hydrogen (secondary N) is 1. The van der Waals surface area contributed by atoms with E-state index < -0.39 is 0 Å². The second kappa shape index (κ2) is 4.99. The first-order valence-corrected chi connectivity index (χ1v) is 7.14. The zero-order valence-corrected chi connectivity index (χ0v) is 11.5. The van der Waals surface area contributed by atoms with Gasteiger partial charge in [0, 0.05) is 29.2 Å². The zero-order chi connectivity index (χ0) is 13.3. The van der Waals surface area contributed by atoms with Crippen LogP contribution in [0.15, 0.2) is 30.5 Å². The Kier molecular flexibility index (Phi) is 3.33. The van der Waals surface area contributed by atoms with Crippen LogP contribution in [-0.2, 0) is 6.42 Å². The van der Waals surface area contributed by atoms with Crippen LogP contribution in [0.1, 0.15) is 25.3 Å². The molecule has 0 radical (unpaired) electrons. The van der Waals surface area contributed by atoms with Gasteiger partial charge in [0.05, 0.1) is 6.61 Å². The first kappa shape index (κ1) is 12.7. The van der Waals surface area contributed by atoms with Gasteiger partial charge in [-0.2, -0.15) is 0 Å². The lowest BCUT2D eigenvalue weighted by atomic mass is 10.00. The van der Waals surface area contributed by atoms with E-state index in [1.807, 2.05) is 0 Å². The van der Waals surface area contributed by atoms with Crippen molar-refractivity contribution >= 4 is 10.9 Å². The van der Waals surface area contributed by atoms with E-state index in [0.717, 1.165) is 25.9 Å². The van der Waals surface area contributed by atoms with Crippen molar-refractivity contribution in [1.29, 1.82) is 0 Å². The van der Waals surface area contributed by atoms with Crippen LogP contribution in [-0.4, -0.2) is 40.2 Å². The highest BCUT2D eigenvalue weighted by molar-refractivity contribution is 5.83. The van der Waals surface area contributed by atoms with Crippen molar-refractivity contribution in [1.82, 2.24) is 9.88 Å². The molecule has 0 amide bonds. The minimum atomic E-state index is -0.00783. The maximum atomic E-state index is 9.58. The molecule has 3 heteroatoms. The second-order valence-electron chi connectivity index (χ2n) is 5.86. The molecule has 0 bridgehead atoms. The van der Waals surface area contributed by atoms with Crippen LogP contribution in [0.2, 0.25) is 0 Å². The Morgan fingerprint density at radius 2 is 2.21 bits per heavy atom. The lowest BCUT2D eigenvalue weighted by molar-refractivity contribution is 0.0801. The highest BCUT2D eigenvalue weighted by Gasteiger charge is 2.35. The van der Waals surface area contributed by atoms with E-state index in [4.69, 9.17) is 0 Å². The Morgan fingerprint density at radius 3 is 3.05 bits per heavy atom. The molecule has 1 atom stereocenters. The molecule has 3 rings (SSSR count). The number of fused-ring (bicyclic) bond motifs is 1. The van der Waals surface area contributed by atoms with Crippen molar-refractivity contribution in [3.63, 3.8) is 0 Å². The average Bonchev–Trinajstić information content (AvgIpc) is 3.01. The third-order valence-electron chi connectivity index (χ3n) is 4.57. The van der Waals surface area contributed by atoms with E-state index in [9.17, 15) is 5.11 Å². The molecule has 19 heavy (non-hydrogen) atoms. The van der Waals surface area contributed by atoms with Crippen molar-refractivity contribution in [3.8, 4) is 0 Å². The second-order valence-corrected chi connectivity index (χ2v) is 5.86. The first-order chi connectivity index (χ1) is 9.23. The van der Waals surface area contributed by atoms with Crippen LogP contribution in [0.5, 0.6) is 0 Å². The minimum absolute atomic E-state index is 0.00783. The van der Waals surface area contributed by atoms with Gasteiger partial charge in [0.2, 0.25) is 0 Å². The van der Waals surface area contributed by atoms with Crippen molar-refractivity contribution in [2.24, 2.45) is 0 Å². The molecule has 2 aromatic rings. The normalized spacial score (nSPS) is 24.3. The summed E-state index contributed by atoms with van der Waals surface area (Å²) in [6.45, 7) is 4.58. The lowest BCUT2D eigenvalue weighted by Crippen LogP contribution is -2.45. The summed E-state index contributed by atoms with van der Waals surface area (Å²) in [6, 6.07) is 8.45. The van der Waals surface area contributed by atoms with E-state index in [2.05, 4.69) is 47.3 Å². The Bertz CT molecular complexity index is 563. The van der Waals surface area contributed by atoms with Gasteiger partial charge in [-0.15, -0.1) is 0 Å². The molecular formula is C16H22N2O. The van der Waals surface area contributed by atoms with Gasteiger partial charge in [-0.3, -0.25) is 4.90 Å². The number of rotatable bonds is 4. The number of para-hydroxylation sites is 1. The highest BCUT2D eigenvalue weighted by Crippen LogP contribution is 2.29. The Balaban J connectivity index is 1.73. The summed E-state index contributed by atoms with van der Waals surface area (Å²) < 4.78 is 0. The van der Waals surface area contributed by atoms with E-state index in [1.54, 1.807) is 0 Å². The molecular weight excluding hydrogens is 236 g/mol. The summed E-state index contributed by atoms with van der Waals surface area (Å²) in [5.74, 6) is 0. The third-order valence-corrected chi connectivity index (χ3v) is 4.57. The van der Waals surface area contributed by atoms with Crippen molar-refractivity contribution in [3.05, 3.63) is 36.0 Å². The van der Waals surface area contributed by atoms with Crippen molar-refractivity contribution in [2.75, 3.05) is 19.7 Å². The average molecular weight is 258 g/mol. The predicted molar refractivity (Wildman–Crippen MR) is 78.3 cm³/mol. The standard InChI is InChI=1S/C16H22N2O/c1-16(12-19)8-4-9-18(16)10-7-13-11-17-15-6-3-2-5-14(13)15/h2-3,5-6,11,17,19H,4,7-10,12H2,1H3. The summed E-state index contributed by atoms with van der Waals surface area (Å²) in [5.41, 5.74) is 2.58. The SMILES string of the molecule is CC1(CO)CCCN1CCc1c[nH]c2ccccc12. The number of hydrogen-bond donors (Lipinski definition) is 2. The number of likely N-dealkylation sites (tertiary alicyclic amines) is 1. The molecule has 0 aliphatic carbocycles. The van der Waals surface area contributed by atoms with E-state index in [1.165, 1.54) is 22.9 Å². The van der Waals surface area contributed by atoms with Crippen LogP contribution >= 0.6 is 0 Å². The maximum absolute atomic E-state index is 9.58. The molecule has 1 aromatic heterocycles. The van der Waals surface area contributed by atoms with Crippen molar-refractivity contribution < 1.29 is 5.11 Å². The highest BCUT2D eigenvalue weighted by atomic mass is 16.3. The molecule has 0 spiro atoms. The summed E-state index contributed by atoms with van der Waals surface area (Å²) in [4.78, 5) is 5.77. The van der Waals surface area contributed by atoms with Crippen molar-refractivity contribution in [2.45, 2.75) is 31.7 Å². The van der Waals surface area contributed by atoms with Gasteiger partial charge in [-0.25, -0.2) is 0 Å². The molecule has 0 saturated carbocycles. The van der Waals surface area contributed by atoms with Crippen LogP contribution in [0, 0.1) is 0 Å². The van der Waals surface area contributed by atoms with Crippen LogP contribution in [0.25, 0.3) is 10.9 Å². The molecule has 1 saturated heterocycles. The number of aromatic nitrogens is 1. The zero-order valence-electron chi connectivity index (χ0n) is 11.5. The quantitative estimate of drug-likeness (QED) is 0.884. The first-order valence-electron chi connectivity index (χ1n) is 7.14. The maximum Gasteiger partial charge on any atom is 0.0612 e. The Morgan fingerprint density at radius 1 is 1.37 bits per heavy atom. The van der Waals surface area contributed by atoms with Gasteiger partial charge >= 0.3 is 0 Å². The number of aromatic amines is 1. The van der Waals surface area contributed by atoms with E-state index in [0.29, 0.717) is 0 Å². The number of nitrogens with zero attached hydrogens (tertiary/aromatic N) is 1. The minimum Gasteiger partial charge on any atom is -0.394 e. The van der Waals surface area contributed by atoms with Gasteiger partial charge in [0.15, 0.2) is 0 Å². The summed E-state index contributed by atoms with van der Waals surface area (Å²) in [5, 5.41) is 10.9. The molecule has 1 aromatic carbocycles. The summed E-state index contributed by atoms with van der Waals surface area (Å²) >= 11 is 0. The monoisotopic (exact) mass is 258 g/mol. The summed E-state index contributed by atoms with van der Waals surface area (Å²) in [6.07, 6.45) is 5.47. The third kappa shape index (κ3) is 2.28.